The molecule has 0 amide bonds. The van der Waals surface area contributed by atoms with Crippen LogP contribution in [0.5, 0.6) is 6.01 Å². The quantitative estimate of drug-likeness (QED) is 0.776. The van der Waals surface area contributed by atoms with Gasteiger partial charge in [0.1, 0.15) is 0 Å². The minimum absolute atomic E-state index is 0.00767. The Bertz CT molecular complexity index is 416. The van der Waals surface area contributed by atoms with Crippen LogP contribution in [0.3, 0.4) is 0 Å². The second-order valence-electron chi connectivity index (χ2n) is 3.62. The van der Waals surface area contributed by atoms with Crippen molar-refractivity contribution in [2.75, 3.05) is 19.0 Å². The third kappa shape index (κ3) is 4.33. The van der Waals surface area contributed by atoms with Gasteiger partial charge in [0.2, 0.25) is 11.2 Å². The Morgan fingerprint density at radius 3 is 2.78 bits per heavy atom. The molecule has 100 valence electrons. The van der Waals surface area contributed by atoms with E-state index < -0.39 is 11.9 Å². The lowest BCUT2D eigenvalue weighted by Gasteiger charge is -2.12. The molecule has 0 spiro atoms. The summed E-state index contributed by atoms with van der Waals surface area (Å²) in [5.74, 6) is -1.14. The van der Waals surface area contributed by atoms with Gasteiger partial charge in [0.15, 0.2) is 0 Å². The fraction of sp³-hybridized carbons (Fsp3) is 0.600. The van der Waals surface area contributed by atoms with Crippen LogP contribution in [0, 0.1) is 5.92 Å². The first-order valence-corrected chi connectivity index (χ1v) is 5.86. The third-order valence-electron chi connectivity index (χ3n) is 2.26. The summed E-state index contributed by atoms with van der Waals surface area (Å²) in [5.41, 5.74) is 0. The molecule has 0 aliphatic rings. The normalized spacial score (nSPS) is 11.9. The minimum Gasteiger partial charge on any atom is -0.481 e. The monoisotopic (exact) mass is 274 g/mol. The number of aromatic nitrogens is 3. The minimum atomic E-state index is -0.850. The number of methoxy groups -OCH3 is 1. The van der Waals surface area contributed by atoms with E-state index in [0.717, 1.165) is 6.42 Å². The molecule has 8 heteroatoms. The summed E-state index contributed by atoms with van der Waals surface area (Å²) in [6.07, 6.45) is 1.37. The first-order valence-electron chi connectivity index (χ1n) is 5.49. The molecule has 18 heavy (non-hydrogen) atoms. The molecule has 0 saturated carbocycles. The largest absolute Gasteiger partial charge is 0.481 e. The van der Waals surface area contributed by atoms with Gasteiger partial charge in [-0.15, -0.1) is 0 Å². The topological polar surface area (TPSA) is 97.2 Å². The highest BCUT2D eigenvalue weighted by Crippen LogP contribution is 2.12. The molecular weight excluding hydrogens is 260 g/mol. The van der Waals surface area contributed by atoms with Crippen LogP contribution in [0.4, 0.5) is 5.95 Å². The van der Waals surface area contributed by atoms with E-state index in [4.69, 9.17) is 21.4 Å². The maximum absolute atomic E-state index is 11.0. The highest BCUT2D eigenvalue weighted by Gasteiger charge is 2.16. The van der Waals surface area contributed by atoms with E-state index in [0.29, 0.717) is 6.42 Å². The summed E-state index contributed by atoms with van der Waals surface area (Å²) < 4.78 is 4.83. The van der Waals surface area contributed by atoms with E-state index in [1.807, 2.05) is 6.92 Å². The number of hydrogen-bond acceptors (Lipinski definition) is 6. The number of anilines is 1. The number of rotatable bonds is 7. The molecule has 0 aromatic carbocycles. The smallest absolute Gasteiger partial charge is 0.322 e. The van der Waals surface area contributed by atoms with Crippen LogP contribution < -0.4 is 10.1 Å². The van der Waals surface area contributed by atoms with E-state index in [2.05, 4.69) is 20.3 Å². The van der Waals surface area contributed by atoms with E-state index in [-0.39, 0.29) is 23.8 Å². The van der Waals surface area contributed by atoms with Gasteiger partial charge in [0.25, 0.3) is 0 Å². The van der Waals surface area contributed by atoms with E-state index in [9.17, 15) is 4.79 Å². The van der Waals surface area contributed by atoms with Crippen molar-refractivity contribution < 1.29 is 14.6 Å². The number of aliphatic carboxylic acids is 1. The van der Waals surface area contributed by atoms with Gasteiger partial charge in [-0.3, -0.25) is 4.79 Å². The Kier molecular flexibility index (Phi) is 5.57. The van der Waals surface area contributed by atoms with Gasteiger partial charge in [-0.05, 0) is 18.0 Å². The Balaban J connectivity index is 2.66. The van der Waals surface area contributed by atoms with Gasteiger partial charge in [0.05, 0.1) is 13.0 Å². The summed E-state index contributed by atoms with van der Waals surface area (Å²) in [5, 5.41) is 11.8. The predicted molar refractivity (Wildman–Crippen MR) is 65.9 cm³/mol. The number of carboxylic acid groups (broad SMARTS) is 1. The van der Waals surface area contributed by atoms with Crippen molar-refractivity contribution in [1.29, 1.82) is 0 Å². The first kappa shape index (κ1) is 14.4. The second kappa shape index (κ2) is 6.95. The molecule has 0 bridgehead atoms. The zero-order chi connectivity index (χ0) is 13.5. The number of nitrogens with zero attached hydrogens (tertiary/aromatic N) is 3. The Labute approximate surface area is 110 Å². The molecule has 0 saturated heterocycles. The van der Waals surface area contributed by atoms with Crippen LogP contribution in [-0.4, -0.2) is 39.7 Å². The van der Waals surface area contributed by atoms with Crippen LogP contribution in [0.1, 0.15) is 19.8 Å². The van der Waals surface area contributed by atoms with Crippen LogP contribution in [0.15, 0.2) is 0 Å². The lowest BCUT2D eigenvalue weighted by Crippen LogP contribution is -2.23. The number of nitrogens with one attached hydrogen (secondary N) is 1. The van der Waals surface area contributed by atoms with Crippen LogP contribution in [0.25, 0.3) is 0 Å². The number of carboxylic acids is 1. The zero-order valence-corrected chi connectivity index (χ0v) is 10.9. The zero-order valence-electron chi connectivity index (χ0n) is 10.2. The summed E-state index contributed by atoms with van der Waals surface area (Å²) >= 11 is 5.67. The van der Waals surface area contributed by atoms with Crippen molar-refractivity contribution in [3.05, 3.63) is 5.28 Å². The number of ether oxygens (including phenoxy) is 1. The van der Waals surface area contributed by atoms with Gasteiger partial charge in [-0.1, -0.05) is 13.3 Å². The van der Waals surface area contributed by atoms with E-state index in [1.54, 1.807) is 0 Å². The molecule has 1 aromatic heterocycles. The summed E-state index contributed by atoms with van der Waals surface area (Å²) in [6.45, 7) is 2.16. The number of halogens is 1. The summed E-state index contributed by atoms with van der Waals surface area (Å²) in [7, 11) is 1.41. The molecule has 0 aliphatic carbocycles. The Morgan fingerprint density at radius 1 is 1.50 bits per heavy atom. The fourth-order valence-corrected chi connectivity index (χ4v) is 1.53. The molecule has 0 fully saturated rings. The average Bonchev–Trinajstić information content (AvgIpc) is 2.33. The van der Waals surface area contributed by atoms with Crippen LogP contribution in [-0.2, 0) is 4.79 Å². The SMILES string of the molecule is CCCC(CNc1nc(Cl)nc(OC)n1)C(=O)O. The highest BCUT2D eigenvalue weighted by molar-refractivity contribution is 6.28. The molecule has 7 nitrogen and oxygen atoms in total. The molecule has 1 aromatic rings. The van der Waals surface area contributed by atoms with Crippen molar-refractivity contribution in [3.8, 4) is 6.01 Å². The van der Waals surface area contributed by atoms with Crippen molar-refractivity contribution in [2.24, 2.45) is 5.92 Å². The maximum atomic E-state index is 11.0. The predicted octanol–water partition coefficient (Wildman–Crippen LogP) is 1.45. The standard InChI is InChI=1S/C10H15ClN4O3/c1-3-4-6(7(16)17)5-12-9-13-8(11)14-10(15-9)18-2/h6H,3-5H2,1-2H3,(H,16,17)(H,12,13,14,15). The van der Waals surface area contributed by atoms with Gasteiger partial charge >= 0.3 is 12.0 Å². The lowest BCUT2D eigenvalue weighted by molar-refractivity contribution is -0.141. The number of carbonyl (C=O) groups is 1. The van der Waals surface area contributed by atoms with Gasteiger partial charge in [-0.2, -0.15) is 15.0 Å². The lowest BCUT2D eigenvalue weighted by atomic mass is 10.0. The van der Waals surface area contributed by atoms with Gasteiger partial charge in [0, 0.05) is 6.54 Å². The van der Waals surface area contributed by atoms with E-state index in [1.165, 1.54) is 7.11 Å². The summed E-state index contributed by atoms with van der Waals surface area (Å²) in [4.78, 5) is 22.4. The van der Waals surface area contributed by atoms with E-state index >= 15 is 0 Å². The Hall–Kier alpha value is -1.63. The van der Waals surface area contributed by atoms with Crippen molar-refractivity contribution >= 4 is 23.5 Å². The molecule has 1 rings (SSSR count). The average molecular weight is 275 g/mol. The van der Waals surface area contributed by atoms with Crippen LogP contribution in [0.2, 0.25) is 5.28 Å². The first-order chi connectivity index (χ1) is 8.56. The third-order valence-corrected chi connectivity index (χ3v) is 2.43. The number of hydrogen-bond donors (Lipinski definition) is 2. The molecule has 1 atom stereocenters. The Morgan fingerprint density at radius 2 is 2.22 bits per heavy atom. The van der Waals surface area contributed by atoms with Crippen molar-refractivity contribution in [1.82, 2.24) is 15.0 Å². The van der Waals surface area contributed by atoms with Crippen LogP contribution >= 0.6 is 11.6 Å². The van der Waals surface area contributed by atoms with Gasteiger partial charge in [-0.25, -0.2) is 0 Å². The molecule has 0 aliphatic heterocycles. The van der Waals surface area contributed by atoms with Crippen molar-refractivity contribution in [2.45, 2.75) is 19.8 Å². The van der Waals surface area contributed by atoms with Crippen molar-refractivity contribution in [3.63, 3.8) is 0 Å². The second-order valence-corrected chi connectivity index (χ2v) is 3.96. The molecule has 1 unspecified atom stereocenters. The summed E-state index contributed by atoms with van der Waals surface area (Å²) in [6, 6.07) is 0.0832. The molecule has 1 heterocycles. The molecule has 0 radical (unpaired) electrons. The molecule has 2 N–H and O–H groups in total. The molecular formula is C10H15ClN4O3. The highest BCUT2D eigenvalue weighted by atomic mass is 35.5. The van der Waals surface area contributed by atoms with Gasteiger partial charge < -0.3 is 15.2 Å². The fourth-order valence-electron chi connectivity index (χ4n) is 1.38. The maximum Gasteiger partial charge on any atom is 0.322 e.